The second-order valence-electron chi connectivity index (χ2n) is 3.82. The number of hydrogen-bond acceptors (Lipinski definition) is 4. The number of anilines is 1. The molecular formula is C11H14ClN3O. The van der Waals surface area contributed by atoms with E-state index in [1.54, 1.807) is 0 Å². The van der Waals surface area contributed by atoms with Crippen LogP contribution in [0.3, 0.4) is 0 Å². The predicted molar refractivity (Wildman–Crippen MR) is 66.2 cm³/mol. The maximum absolute atomic E-state index is 5.58. The van der Waals surface area contributed by atoms with Crippen molar-refractivity contribution >= 4 is 29.5 Å². The molecule has 1 aliphatic heterocycles. The van der Waals surface area contributed by atoms with Gasteiger partial charge in [0.15, 0.2) is 5.58 Å². The number of fused-ring (bicyclic) bond motifs is 1. The molecule has 86 valence electrons. The van der Waals surface area contributed by atoms with Crippen molar-refractivity contribution in [2.75, 3.05) is 18.4 Å². The fourth-order valence-corrected chi connectivity index (χ4v) is 1.89. The van der Waals surface area contributed by atoms with Crippen LogP contribution in [0.4, 0.5) is 6.01 Å². The van der Waals surface area contributed by atoms with Gasteiger partial charge in [0.25, 0.3) is 6.01 Å². The number of nitrogens with one attached hydrogen (secondary N) is 2. The molecule has 0 bridgehead atoms. The molecule has 1 aromatic carbocycles. The summed E-state index contributed by atoms with van der Waals surface area (Å²) < 4.78 is 5.58. The van der Waals surface area contributed by atoms with E-state index in [-0.39, 0.29) is 12.4 Å². The molecule has 2 aromatic rings. The zero-order valence-electron chi connectivity index (χ0n) is 8.77. The second kappa shape index (κ2) is 4.72. The van der Waals surface area contributed by atoms with Gasteiger partial charge in [-0.1, -0.05) is 12.1 Å². The topological polar surface area (TPSA) is 50.1 Å². The molecular weight excluding hydrogens is 226 g/mol. The van der Waals surface area contributed by atoms with Gasteiger partial charge in [0, 0.05) is 12.6 Å². The van der Waals surface area contributed by atoms with E-state index in [0.29, 0.717) is 12.1 Å². The third kappa shape index (κ3) is 2.13. The highest BCUT2D eigenvalue weighted by molar-refractivity contribution is 5.85. The molecule has 1 fully saturated rings. The summed E-state index contributed by atoms with van der Waals surface area (Å²) in [5.74, 6) is 0. The summed E-state index contributed by atoms with van der Waals surface area (Å²) in [5.41, 5.74) is 1.75. The lowest BCUT2D eigenvalue weighted by Crippen LogP contribution is -2.22. The van der Waals surface area contributed by atoms with Gasteiger partial charge in [-0.05, 0) is 25.1 Å². The van der Waals surface area contributed by atoms with Gasteiger partial charge in [0.1, 0.15) is 5.52 Å². The SMILES string of the molecule is Cl.c1ccc2oc(N[C@@H]3CCNC3)nc2c1. The Labute approximate surface area is 99.8 Å². The van der Waals surface area contributed by atoms with Crippen LogP contribution < -0.4 is 10.6 Å². The Morgan fingerprint density at radius 2 is 2.25 bits per heavy atom. The highest BCUT2D eigenvalue weighted by atomic mass is 35.5. The van der Waals surface area contributed by atoms with Gasteiger partial charge in [0.05, 0.1) is 0 Å². The number of benzene rings is 1. The van der Waals surface area contributed by atoms with Crippen molar-refractivity contribution in [3.8, 4) is 0 Å². The molecule has 2 N–H and O–H groups in total. The lowest BCUT2D eigenvalue weighted by Gasteiger charge is -2.07. The van der Waals surface area contributed by atoms with Crippen LogP contribution in [0.5, 0.6) is 0 Å². The summed E-state index contributed by atoms with van der Waals surface area (Å²) in [5, 5.41) is 6.58. The van der Waals surface area contributed by atoms with Crippen molar-refractivity contribution in [3.05, 3.63) is 24.3 Å². The summed E-state index contributed by atoms with van der Waals surface area (Å²) in [7, 11) is 0. The van der Waals surface area contributed by atoms with Crippen LogP contribution in [0, 0.1) is 0 Å². The van der Waals surface area contributed by atoms with Crippen molar-refractivity contribution < 1.29 is 4.42 Å². The summed E-state index contributed by atoms with van der Waals surface area (Å²) in [4.78, 5) is 4.37. The van der Waals surface area contributed by atoms with Gasteiger partial charge < -0.3 is 15.1 Å². The molecule has 0 unspecified atom stereocenters. The van der Waals surface area contributed by atoms with Gasteiger partial charge in [-0.15, -0.1) is 12.4 Å². The Hall–Kier alpha value is -1.26. The molecule has 1 atom stereocenters. The number of para-hydroxylation sites is 2. The van der Waals surface area contributed by atoms with E-state index >= 15 is 0 Å². The molecule has 0 spiro atoms. The number of nitrogens with zero attached hydrogens (tertiary/aromatic N) is 1. The van der Waals surface area contributed by atoms with E-state index in [1.807, 2.05) is 24.3 Å². The van der Waals surface area contributed by atoms with Crippen LogP contribution >= 0.6 is 12.4 Å². The van der Waals surface area contributed by atoms with Crippen molar-refractivity contribution in [2.24, 2.45) is 0 Å². The Balaban J connectivity index is 0.000000963. The molecule has 0 aliphatic carbocycles. The Bertz CT molecular complexity index is 432. The molecule has 3 rings (SSSR count). The lowest BCUT2D eigenvalue weighted by atomic mass is 10.3. The highest BCUT2D eigenvalue weighted by Crippen LogP contribution is 2.19. The summed E-state index contributed by atoms with van der Waals surface area (Å²) >= 11 is 0. The Kier molecular flexibility index (Phi) is 3.31. The maximum Gasteiger partial charge on any atom is 0.295 e. The van der Waals surface area contributed by atoms with Crippen LogP contribution in [0.2, 0.25) is 0 Å². The van der Waals surface area contributed by atoms with Crippen LogP contribution in [-0.4, -0.2) is 24.1 Å². The third-order valence-corrected chi connectivity index (χ3v) is 2.68. The summed E-state index contributed by atoms with van der Waals surface area (Å²) in [6.07, 6.45) is 1.12. The first kappa shape index (κ1) is 11.2. The number of hydrogen-bond donors (Lipinski definition) is 2. The molecule has 1 aliphatic rings. The Morgan fingerprint density at radius 1 is 1.38 bits per heavy atom. The minimum atomic E-state index is 0. The van der Waals surface area contributed by atoms with E-state index in [9.17, 15) is 0 Å². The van der Waals surface area contributed by atoms with Crippen LogP contribution in [0.15, 0.2) is 28.7 Å². The second-order valence-corrected chi connectivity index (χ2v) is 3.82. The summed E-state index contributed by atoms with van der Waals surface area (Å²) in [6, 6.07) is 8.88. The monoisotopic (exact) mass is 239 g/mol. The highest BCUT2D eigenvalue weighted by Gasteiger charge is 2.16. The van der Waals surface area contributed by atoms with Gasteiger partial charge in [-0.2, -0.15) is 4.98 Å². The number of rotatable bonds is 2. The van der Waals surface area contributed by atoms with Gasteiger partial charge >= 0.3 is 0 Å². The normalized spacial score (nSPS) is 19.6. The Morgan fingerprint density at radius 3 is 3.00 bits per heavy atom. The van der Waals surface area contributed by atoms with Crippen molar-refractivity contribution in [1.29, 1.82) is 0 Å². The molecule has 2 heterocycles. The smallest absolute Gasteiger partial charge is 0.295 e. The fraction of sp³-hybridized carbons (Fsp3) is 0.364. The van der Waals surface area contributed by atoms with Crippen LogP contribution in [0.25, 0.3) is 11.1 Å². The molecule has 0 amide bonds. The van der Waals surface area contributed by atoms with Gasteiger partial charge in [0.2, 0.25) is 0 Å². The molecule has 16 heavy (non-hydrogen) atoms. The van der Waals surface area contributed by atoms with E-state index in [2.05, 4.69) is 15.6 Å². The van der Waals surface area contributed by atoms with Gasteiger partial charge in [-0.3, -0.25) is 0 Å². The fourth-order valence-electron chi connectivity index (χ4n) is 1.89. The van der Waals surface area contributed by atoms with Crippen molar-refractivity contribution in [1.82, 2.24) is 10.3 Å². The zero-order valence-corrected chi connectivity index (χ0v) is 9.59. The first-order chi connectivity index (χ1) is 7.42. The maximum atomic E-state index is 5.58. The van der Waals surface area contributed by atoms with Crippen molar-refractivity contribution in [2.45, 2.75) is 12.5 Å². The van der Waals surface area contributed by atoms with Crippen LogP contribution in [0.1, 0.15) is 6.42 Å². The molecule has 1 aromatic heterocycles. The predicted octanol–water partition coefficient (Wildman–Crippen LogP) is 2.02. The minimum Gasteiger partial charge on any atom is -0.424 e. The first-order valence-corrected chi connectivity index (χ1v) is 5.25. The van der Waals surface area contributed by atoms with E-state index in [0.717, 1.165) is 30.6 Å². The molecule has 0 radical (unpaired) electrons. The number of halogens is 1. The zero-order chi connectivity index (χ0) is 10.1. The molecule has 4 nitrogen and oxygen atoms in total. The minimum absolute atomic E-state index is 0. The quantitative estimate of drug-likeness (QED) is 0.842. The van der Waals surface area contributed by atoms with E-state index in [4.69, 9.17) is 4.42 Å². The van der Waals surface area contributed by atoms with Gasteiger partial charge in [-0.25, -0.2) is 0 Å². The lowest BCUT2D eigenvalue weighted by molar-refractivity contribution is 0.599. The standard InChI is InChI=1S/C11H13N3O.ClH/c1-2-4-10-9(3-1)14-11(15-10)13-8-5-6-12-7-8;/h1-4,8,12H,5-7H2,(H,13,14);1H/t8-;/m1./s1. The number of oxazole rings is 1. The average Bonchev–Trinajstić information content (AvgIpc) is 2.86. The first-order valence-electron chi connectivity index (χ1n) is 5.25. The third-order valence-electron chi connectivity index (χ3n) is 2.68. The van der Waals surface area contributed by atoms with E-state index < -0.39 is 0 Å². The molecule has 0 saturated carbocycles. The largest absolute Gasteiger partial charge is 0.424 e. The average molecular weight is 240 g/mol. The van der Waals surface area contributed by atoms with Crippen LogP contribution in [-0.2, 0) is 0 Å². The van der Waals surface area contributed by atoms with E-state index in [1.165, 1.54) is 0 Å². The van der Waals surface area contributed by atoms with Crippen molar-refractivity contribution in [3.63, 3.8) is 0 Å². The molecule has 5 heteroatoms. The summed E-state index contributed by atoms with van der Waals surface area (Å²) in [6.45, 7) is 2.05. The molecule has 1 saturated heterocycles. The number of aromatic nitrogens is 1.